The van der Waals surface area contributed by atoms with Crippen molar-refractivity contribution in [1.82, 2.24) is 10.5 Å². The van der Waals surface area contributed by atoms with Crippen LogP contribution in [0.5, 0.6) is 5.75 Å². The van der Waals surface area contributed by atoms with Gasteiger partial charge >= 0.3 is 0 Å². The predicted molar refractivity (Wildman–Crippen MR) is 79.3 cm³/mol. The van der Waals surface area contributed by atoms with E-state index >= 15 is 0 Å². The highest BCUT2D eigenvalue weighted by Gasteiger charge is 2.12. The first-order valence-corrected chi connectivity index (χ1v) is 6.69. The molecule has 0 aliphatic heterocycles. The Morgan fingerprint density at radius 3 is 2.86 bits per heavy atom. The Morgan fingerprint density at radius 2 is 2.19 bits per heavy atom. The number of hydrogen-bond donors (Lipinski definition) is 2. The molecule has 6 heteroatoms. The minimum atomic E-state index is -0.176. The number of carbonyl (C=O) groups excluding carboxylic acids is 1. The molecule has 21 heavy (non-hydrogen) atoms. The molecule has 0 saturated heterocycles. The van der Waals surface area contributed by atoms with Gasteiger partial charge in [0.1, 0.15) is 11.5 Å². The van der Waals surface area contributed by atoms with Crippen molar-refractivity contribution in [2.24, 2.45) is 0 Å². The summed E-state index contributed by atoms with van der Waals surface area (Å²) in [5, 5.41) is 9.52. The van der Waals surface area contributed by atoms with Crippen molar-refractivity contribution in [3.8, 4) is 5.75 Å². The molecule has 6 nitrogen and oxygen atoms in total. The molecule has 0 aliphatic carbocycles. The Balaban J connectivity index is 1.88. The van der Waals surface area contributed by atoms with Crippen LogP contribution in [0.3, 0.4) is 0 Å². The van der Waals surface area contributed by atoms with Crippen molar-refractivity contribution in [1.29, 1.82) is 0 Å². The number of para-hydroxylation sites is 1. The molecule has 0 bridgehead atoms. The van der Waals surface area contributed by atoms with E-state index in [-0.39, 0.29) is 18.5 Å². The summed E-state index contributed by atoms with van der Waals surface area (Å²) in [6, 6.07) is 9.37. The molecule has 2 aromatic rings. The molecule has 0 spiro atoms. The molecule has 0 radical (unpaired) electrons. The van der Waals surface area contributed by atoms with Gasteiger partial charge in [-0.25, -0.2) is 0 Å². The second-order valence-electron chi connectivity index (χ2n) is 4.72. The van der Waals surface area contributed by atoms with Crippen LogP contribution >= 0.6 is 0 Å². The molecule has 0 fully saturated rings. The fraction of sp³-hybridized carbons (Fsp3) is 0.333. The summed E-state index contributed by atoms with van der Waals surface area (Å²) in [5.41, 5.74) is 1.00. The van der Waals surface area contributed by atoms with Gasteiger partial charge in [0.05, 0.1) is 13.7 Å². The fourth-order valence-corrected chi connectivity index (χ4v) is 1.99. The molecule has 2 rings (SSSR count). The molecule has 2 N–H and O–H groups in total. The first kappa shape index (κ1) is 15.1. The van der Waals surface area contributed by atoms with Crippen LogP contribution in [0.4, 0.5) is 5.82 Å². The van der Waals surface area contributed by atoms with Crippen molar-refractivity contribution >= 4 is 11.7 Å². The monoisotopic (exact) mass is 289 g/mol. The SMILES string of the molecule is COc1ccccc1[C@@H](C)NCC(=O)Nc1cc(C)on1. The Hall–Kier alpha value is -2.34. The fourth-order valence-electron chi connectivity index (χ4n) is 1.99. The number of amides is 1. The van der Waals surface area contributed by atoms with Crippen LogP contribution in [0.25, 0.3) is 0 Å². The van der Waals surface area contributed by atoms with Gasteiger partial charge < -0.3 is 19.9 Å². The molecule has 0 unspecified atom stereocenters. The standard InChI is InChI=1S/C15H19N3O3/c1-10-8-14(18-21-10)17-15(19)9-16-11(2)12-6-4-5-7-13(12)20-3/h4-8,11,16H,9H2,1-3H3,(H,17,18,19)/t11-/m1/s1. The largest absolute Gasteiger partial charge is 0.496 e. The van der Waals surface area contributed by atoms with Gasteiger partial charge in [0.25, 0.3) is 0 Å². The molecule has 1 amide bonds. The number of aromatic nitrogens is 1. The second-order valence-corrected chi connectivity index (χ2v) is 4.72. The van der Waals surface area contributed by atoms with Crippen LogP contribution in [0.1, 0.15) is 24.3 Å². The lowest BCUT2D eigenvalue weighted by atomic mass is 10.1. The van der Waals surface area contributed by atoms with Gasteiger partial charge in [-0.2, -0.15) is 0 Å². The van der Waals surface area contributed by atoms with Gasteiger partial charge in [0, 0.05) is 17.7 Å². The van der Waals surface area contributed by atoms with Crippen LogP contribution in [-0.2, 0) is 4.79 Å². The van der Waals surface area contributed by atoms with E-state index in [9.17, 15) is 4.79 Å². The summed E-state index contributed by atoms with van der Waals surface area (Å²) in [4.78, 5) is 11.8. The van der Waals surface area contributed by atoms with Crippen molar-refractivity contribution < 1.29 is 14.1 Å². The van der Waals surface area contributed by atoms with Gasteiger partial charge in [-0.05, 0) is 19.9 Å². The van der Waals surface area contributed by atoms with Crippen molar-refractivity contribution in [3.63, 3.8) is 0 Å². The molecule has 1 aromatic carbocycles. The first-order chi connectivity index (χ1) is 10.1. The topological polar surface area (TPSA) is 76.4 Å². The average Bonchev–Trinajstić information content (AvgIpc) is 2.89. The Morgan fingerprint density at radius 1 is 1.43 bits per heavy atom. The molecule has 1 aromatic heterocycles. The summed E-state index contributed by atoms with van der Waals surface area (Å²) in [6.45, 7) is 3.92. The number of benzene rings is 1. The summed E-state index contributed by atoms with van der Waals surface area (Å²) in [5.74, 6) is 1.69. The number of nitrogens with one attached hydrogen (secondary N) is 2. The van der Waals surface area contributed by atoms with Gasteiger partial charge in [-0.3, -0.25) is 4.79 Å². The number of methoxy groups -OCH3 is 1. The van der Waals surface area contributed by atoms with E-state index in [1.54, 1.807) is 20.1 Å². The number of aryl methyl sites for hydroxylation is 1. The van der Waals surface area contributed by atoms with Gasteiger partial charge in [-0.1, -0.05) is 23.4 Å². The van der Waals surface area contributed by atoms with Crippen molar-refractivity contribution in [2.45, 2.75) is 19.9 Å². The lowest BCUT2D eigenvalue weighted by Gasteiger charge is -2.16. The van der Waals surface area contributed by atoms with Crippen LogP contribution in [0, 0.1) is 6.92 Å². The van der Waals surface area contributed by atoms with Crippen LogP contribution in [-0.4, -0.2) is 24.7 Å². The van der Waals surface area contributed by atoms with E-state index in [2.05, 4.69) is 15.8 Å². The third kappa shape index (κ3) is 4.06. The number of hydrogen-bond acceptors (Lipinski definition) is 5. The highest BCUT2D eigenvalue weighted by molar-refractivity contribution is 5.91. The van der Waals surface area contributed by atoms with E-state index in [1.807, 2.05) is 31.2 Å². The number of anilines is 1. The molecular weight excluding hydrogens is 270 g/mol. The van der Waals surface area contributed by atoms with E-state index in [1.165, 1.54) is 0 Å². The number of carbonyl (C=O) groups is 1. The van der Waals surface area contributed by atoms with Gasteiger partial charge in [-0.15, -0.1) is 0 Å². The maximum atomic E-state index is 11.8. The Labute approximate surface area is 123 Å². The van der Waals surface area contributed by atoms with E-state index in [4.69, 9.17) is 9.26 Å². The maximum Gasteiger partial charge on any atom is 0.239 e. The predicted octanol–water partition coefficient (Wildman–Crippen LogP) is 2.28. The lowest BCUT2D eigenvalue weighted by molar-refractivity contribution is -0.115. The van der Waals surface area contributed by atoms with Gasteiger partial charge in [0.2, 0.25) is 5.91 Å². The van der Waals surface area contributed by atoms with Crippen LogP contribution in [0.2, 0.25) is 0 Å². The zero-order valence-electron chi connectivity index (χ0n) is 12.3. The minimum Gasteiger partial charge on any atom is -0.496 e. The number of rotatable bonds is 6. The van der Waals surface area contributed by atoms with Crippen LogP contribution < -0.4 is 15.4 Å². The van der Waals surface area contributed by atoms with E-state index < -0.39 is 0 Å². The Bertz CT molecular complexity index is 610. The van der Waals surface area contributed by atoms with Gasteiger partial charge in [0.15, 0.2) is 5.82 Å². The summed E-state index contributed by atoms with van der Waals surface area (Å²) in [6.07, 6.45) is 0. The summed E-state index contributed by atoms with van der Waals surface area (Å²) >= 11 is 0. The highest BCUT2D eigenvalue weighted by atomic mass is 16.5. The summed E-state index contributed by atoms with van der Waals surface area (Å²) < 4.78 is 10.2. The molecule has 112 valence electrons. The third-order valence-electron chi connectivity index (χ3n) is 3.07. The highest BCUT2D eigenvalue weighted by Crippen LogP contribution is 2.23. The van der Waals surface area contributed by atoms with E-state index in [0.717, 1.165) is 11.3 Å². The van der Waals surface area contributed by atoms with Crippen molar-refractivity contribution in [2.75, 3.05) is 19.0 Å². The quantitative estimate of drug-likeness (QED) is 0.853. The molecule has 1 heterocycles. The Kier molecular flexibility index (Phi) is 4.94. The summed E-state index contributed by atoms with van der Waals surface area (Å²) in [7, 11) is 1.63. The number of ether oxygens (including phenoxy) is 1. The van der Waals surface area contributed by atoms with Crippen LogP contribution in [0.15, 0.2) is 34.9 Å². The normalized spacial score (nSPS) is 12.0. The zero-order chi connectivity index (χ0) is 15.2. The third-order valence-corrected chi connectivity index (χ3v) is 3.07. The van der Waals surface area contributed by atoms with E-state index in [0.29, 0.717) is 11.6 Å². The second kappa shape index (κ2) is 6.90. The van der Waals surface area contributed by atoms with Crippen molar-refractivity contribution in [3.05, 3.63) is 41.7 Å². The first-order valence-electron chi connectivity index (χ1n) is 6.69. The lowest BCUT2D eigenvalue weighted by Crippen LogP contribution is -2.30. The molecular formula is C15H19N3O3. The molecule has 0 aliphatic rings. The maximum absolute atomic E-state index is 11.8. The zero-order valence-corrected chi connectivity index (χ0v) is 12.3. The molecule has 1 atom stereocenters. The average molecular weight is 289 g/mol. The molecule has 0 saturated carbocycles. The smallest absolute Gasteiger partial charge is 0.239 e. The number of nitrogens with zero attached hydrogens (tertiary/aromatic N) is 1. The minimum absolute atomic E-state index is 0.00838.